The minimum absolute atomic E-state index is 0.546. The highest BCUT2D eigenvalue weighted by atomic mass is 16.5. The van der Waals surface area contributed by atoms with Crippen molar-refractivity contribution in [2.45, 2.75) is 38.7 Å². The first-order chi connectivity index (χ1) is 11.4. The molecule has 1 heterocycles. The summed E-state index contributed by atoms with van der Waals surface area (Å²) in [6.07, 6.45) is 8.36. The summed E-state index contributed by atoms with van der Waals surface area (Å²) in [4.78, 5) is 4.32. The van der Waals surface area contributed by atoms with Gasteiger partial charge < -0.3 is 19.8 Å². The fourth-order valence-electron chi connectivity index (χ4n) is 3.15. The zero-order chi connectivity index (χ0) is 15.9. The number of furan rings is 1. The van der Waals surface area contributed by atoms with Crippen LogP contribution in [0.15, 0.2) is 27.8 Å². The van der Waals surface area contributed by atoms with Gasteiger partial charge in [-0.05, 0) is 62.0 Å². The predicted molar refractivity (Wildman–Crippen MR) is 91.3 cm³/mol. The first kappa shape index (κ1) is 16.4. The zero-order valence-corrected chi connectivity index (χ0v) is 14.1. The van der Waals surface area contributed by atoms with Crippen LogP contribution in [0.2, 0.25) is 0 Å². The molecule has 0 bridgehead atoms. The molecule has 0 aliphatic heterocycles. The normalized spacial score (nSPS) is 18.4. The van der Waals surface area contributed by atoms with Crippen molar-refractivity contribution < 1.29 is 9.15 Å². The SMILES string of the molecule is CN=C(NCCCOCc1ccco1)NCC(C1CC1)C1CC1. The van der Waals surface area contributed by atoms with Gasteiger partial charge in [-0.25, -0.2) is 0 Å². The van der Waals surface area contributed by atoms with Gasteiger partial charge in [0.1, 0.15) is 12.4 Å². The highest BCUT2D eigenvalue weighted by molar-refractivity contribution is 5.79. The van der Waals surface area contributed by atoms with Crippen molar-refractivity contribution in [3.8, 4) is 0 Å². The molecule has 1 aromatic heterocycles. The molecule has 2 aliphatic rings. The molecule has 128 valence electrons. The number of hydrogen-bond acceptors (Lipinski definition) is 3. The maximum Gasteiger partial charge on any atom is 0.190 e. The van der Waals surface area contributed by atoms with Gasteiger partial charge in [0.15, 0.2) is 5.96 Å². The number of guanidine groups is 1. The first-order valence-electron chi connectivity index (χ1n) is 8.91. The average Bonchev–Trinajstić information content (AvgIpc) is 3.50. The molecular weight excluding hydrogens is 290 g/mol. The standard InChI is InChI=1S/C18H29N3O2/c1-19-18(21-12-17(14-5-6-14)15-7-8-15)20-9-3-10-22-13-16-4-2-11-23-16/h2,4,11,14-15,17H,3,5-10,12-13H2,1H3,(H2,19,20,21). The van der Waals surface area contributed by atoms with Crippen molar-refractivity contribution in [2.24, 2.45) is 22.7 Å². The predicted octanol–water partition coefficient (Wildman–Crippen LogP) is 2.79. The number of hydrogen-bond donors (Lipinski definition) is 2. The lowest BCUT2D eigenvalue weighted by molar-refractivity contribution is 0.105. The van der Waals surface area contributed by atoms with E-state index in [4.69, 9.17) is 9.15 Å². The van der Waals surface area contributed by atoms with E-state index in [-0.39, 0.29) is 0 Å². The second-order valence-corrected chi connectivity index (χ2v) is 6.70. The number of aliphatic imine (C=N–C) groups is 1. The van der Waals surface area contributed by atoms with Gasteiger partial charge in [-0.2, -0.15) is 0 Å². The van der Waals surface area contributed by atoms with Crippen molar-refractivity contribution in [3.63, 3.8) is 0 Å². The molecule has 3 rings (SSSR count). The lowest BCUT2D eigenvalue weighted by atomic mass is 9.98. The summed E-state index contributed by atoms with van der Waals surface area (Å²) in [5, 5.41) is 6.88. The highest BCUT2D eigenvalue weighted by Gasteiger charge is 2.41. The summed E-state index contributed by atoms with van der Waals surface area (Å²) in [6, 6.07) is 3.81. The molecule has 0 amide bonds. The second kappa shape index (κ2) is 8.39. The van der Waals surface area contributed by atoms with E-state index in [1.165, 1.54) is 25.7 Å². The molecule has 0 atom stereocenters. The monoisotopic (exact) mass is 319 g/mol. The van der Waals surface area contributed by atoms with Gasteiger partial charge in [0.05, 0.1) is 6.26 Å². The Hall–Kier alpha value is -1.49. The average molecular weight is 319 g/mol. The van der Waals surface area contributed by atoms with Crippen LogP contribution in [-0.2, 0) is 11.3 Å². The quantitative estimate of drug-likeness (QED) is 0.395. The molecule has 0 spiro atoms. The highest BCUT2D eigenvalue weighted by Crippen LogP contribution is 2.48. The smallest absolute Gasteiger partial charge is 0.190 e. The van der Waals surface area contributed by atoms with Crippen LogP contribution in [-0.4, -0.2) is 32.7 Å². The number of nitrogens with one attached hydrogen (secondary N) is 2. The van der Waals surface area contributed by atoms with Crippen molar-refractivity contribution in [2.75, 3.05) is 26.7 Å². The fraction of sp³-hybridized carbons (Fsp3) is 0.722. The Kier molecular flexibility index (Phi) is 5.97. The van der Waals surface area contributed by atoms with E-state index >= 15 is 0 Å². The number of nitrogens with zero attached hydrogens (tertiary/aromatic N) is 1. The van der Waals surface area contributed by atoms with Crippen LogP contribution >= 0.6 is 0 Å². The minimum Gasteiger partial charge on any atom is -0.467 e. The van der Waals surface area contributed by atoms with E-state index in [0.29, 0.717) is 6.61 Å². The molecule has 2 N–H and O–H groups in total. The summed E-state index contributed by atoms with van der Waals surface area (Å²) in [5.41, 5.74) is 0. The Balaban J connectivity index is 1.24. The lowest BCUT2D eigenvalue weighted by Crippen LogP contribution is -2.41. The molecule has 0 aromatic carbocycles. The van der Waals surface area contributed by atoms with E-state index < -0.39 is 0 Å². The van der Waals surface area contributed by atoms with E-state index in [1.807, 2.05) is 19.2 Å². The topological polar surface area (TPSA) is 58.8 Å². The Morgan fingerprint density at radius 3 is 2.70 bits per heavy atom. The lowest BCUT2D eigenvalue weighted by Gasteiger charge is -2.18. The van der Waals surface area contributed by atoms with Gasteiger partial charge in [0.25, 0.3) is 0 Å². The third kappa shape index (κ3) is 5.57. The summed E-state index contributed by atoms with van der Waals surface area (Å²) >= 11 is 0. The van der Waals surface area contributed by atoms with Crippen molar-refractivity contribution in [1.29, 1.82) is 0 Å². The summed E-state index contributed by atoms with van der Waals surface area (Å²) in [7, 11) is 1.84. The minimum atomic E-state index is 0.546. The van der Waals surface area contributed by atoms with E-state index in [0.717, 1.165) is 55.6 Å². The Morgan fingerprint density at radius 2 is 2.09 bits per heavy atom. The van der Waals surface area contributed by atoms with E-state index in [1.54, 1.807) is 6.26 Å². The van der Waals surface area contributed by atoms with Gasteiger partial charge >= 0.3 is 0 Å². The number of ether oxygens (including phenoxy) is 1. The summed E-state index contributed by atoms with van der Waals surface area (Å²) in [5.74, 6) is 4.61. The molecule has 2 aliphatic carbocycles. The van der Waals surface area contributed by atoms with Gasteiger partial charge in [-0.3, -0.25) is 4.99 Å². The molecular formula is C18H29N3O2. The van der Waals surface area contributed by atoms with Gasteiger partial charge in [0, 0.05) is 26.7 Å². The molecule has 0 saturated heterocycles. The third-order valence-corrected chi connectivity index (χ3v) is 4.77. The van der Waals surface area contributed by atoms with Crippen LogP contribution < -0.4 is 10.6 Å². The molecule has 2 saturated carbocycles. The molecule has 1 aromatic rings. The maximum atomic E-state index is 5.58. The van der Waals surface area contributed by atoms with Gasteiger partial charge in [0.2, 0.25) is 0 Å². The maximum absolute atomic E-state index is 5.58. The third-order valence-electron chi connectivity index (χ3n) is 4.77. The van der Waals surface area contributed by atoms with Gasteiger partial charge in [-0.1, -0.05) is 0 Å². The zero-order valence-electron chi connectivity index (χ0n) is 14.1. The largest absolute Gasteiger partial charge is 0.467 e. The summed E-state index contributed by atoms with van der Waals surface area (Å²) in [6.45, 7) is 3.21. The van der Waals surface area contributed by atoms with Crippen LogP contribution in [0.4, 0.5) is 0 Å². The van der Waals surface area contributed by atoms with Crippen LogP contribution in [0.5, 0.6) is 0 Å². The Bertz CT molecular complexity index is 466. The van der Waals surface area contributed by atoms with Crippen LogP contribution in [0.1, 0.15) is 37.9 Å². The van der Waals surface area contributed by atoms with Crippen LogP contribution in [0, 0.1) is 17.8 Å². The fourth-order valence-corrected chi connectivity index (χ4v) is 3.15. The van der Waals surface area contributed by atoms with Crippen LogP contribution in [0.3, 0.4) is 0 Å². The summed E-state index contributed by atoms with van der Waals surface area (Å²) < 4.78 is 10.8. The second-order valence-electron chi connectivity index (χ2n) is 6.70. The van der Waals surface area contributed by atoms with Crippen molar-refractivity contribution >= 4 is 5.96 Å². The van der Waals surface area contributed by atoms with E-state index in [2.05, 4.69) is 15.6 Å². The molecule has 5 heteroatoms. The molecule has 23 heavy (non-hydrogen) atoms. The molecule has 2 fully saturated rings. The van der Waals surface area contributed by atoms with Crippen molar-refractivity contribution in [1.82, 2.24) is 10.6 Å². The van der Waals surface area contributed by atoms with Crippen LogP contribution in [0.25, 0.3) is 0 Å². The first-order valence-corrected chi connectivity index (χ1v) is 8.91. The molecule has 0 radical (unpaired) electrons. The molecule has 0 unspecified atom stereocenters. The number of rotatable bonds is 10. The van der Waals surface area contributed by atoms with Gasteiger partial charge in [-0.15, -0.1) is 0 Å². The molecule has 5 nitrogen and oxygen atoms in total. The Morgan fingerprint density at radius 1 is 1.30 bits per heavy atom. The Labute approximate surface area is 138 Å². The van der Waals surface area contributed by atoms with Crippen molar-refractivity contribution in [3.05, 3.63) is 24.2 Å². The van der Waals surface area contributed by atoms with E-state index in [9.17, 15) is 0 Å².